The van der Waals surface area contributed by atoms with Crippen LogP contribution in [0.5, 0.6) is 5.75 Å². The van der Waals surface area contributed by atoms with Crippen molar-refractivity contribution in [3.63, 3.8) is 0 Å². The van der Waals surface area contributed by atoms with Crippen molar-refractivity contribution in [1.29, 1.82) is 0 Å². The Labute approximate surface area is 160 Å². The molecule has 7 nitrogen and oxygen atoms in total. The minimum Gasteiger partial charge on any atom is -0.490 e. The van der Waals surface area contributed by atoms with Crippen LogP contribution in [0.4, 0.5) is 0 Å². The number of benzene rings is 1. The van der Waals surface area contributed by atoms with Gasteiger partial charge in [-0.1, -0.05) is 12.7 Å². The Morgan fingerprint density at radius 3 is 2.44 bits per heavy atom. The van der Waals surface area contributed by atoms with Gasteiger partial charge >= 0.3 is 0 Å². The molecule has 0 amide bonds. The van der Waals surface area contributed by atoms with E-state index in [1.54, 1.807) is 6.08 Å². The summed E-state index contributed by atoms with van der Waals surface area (Å²) in [6, 6.07) is 10.3. The van der Waals surface area contributed by atoms with Gasteiger partial charge in [-0.3, -0.25) is 9.36 Å². The molecule has 1 heterocycles. The molecule has 0 radical (unpaired) electrons. The molecule has 0 saturated carbocycles. The second-order valence-electron chi connectivity index (χ2n) is 6.50. The number of sulfonamides is 1. The number of quaternary nitrogens is 1. The molecule has 1 atom stereocenters. The maximum absolute atomic E-state index is 12.3. The maximum atomic E-state index is 12.3. The zero-order valence-electron chi connectivity index (χ0n) is 15.9. The third kappa shape index (κ3) is 5.53. The number of nitrogens with zero attached hydrogens (tertiary/aromatic N) is 2. The molecule has 0 spiro atoms. The fourth-order valence-electron chi connectivity index (χ4n) is 2.55. The van der Waals surface area contributed by atoms with Gasteiger partial charge in [0.2, 0.25) is 10.0 Å². The van der Waals surface area contributed by atoms with Gasteiger partial charge in [-0.15, -0.1) is 0 Å². The van der Waals surface area contributed by atoms with E-state index in [2.05, 4.69) is 6.58 Å². The number of nitrogens with one attached hydrogen (secondary N) is 1. The van der Waals surface area contributed by atoms with E-state index in [1.165, 1.54) is 37.0 Å². The van der Waals surface area contributed by atoms with Crippen molar-refractivity contribution in [2.45, 2.75) is 18.1 Å². The molecule has 0 aliphatic carbocycles. The zero-order valence-corrected chi connectivity index (χ0v) is 16.7. The van der Waals surface area contributed by atoms with E-state index in [9.17, 15) is 13.2 Å². The SMILES string of the molecule is C=CCOc1ccc(C[NH+](C)Cn2cc(S(=O)(=O)N(C)C)ccc2=O)cc1. The first-order valence-electron chi connectivity index (χ1n) is 8.51. The van der Waals surface area contributed by atoms with E-state index in [4.69, 9.17) is 4.74 Å². The summed E-state index contributed by atoms with van der Waals surface area (Å²) >= 11 is 0. The molecule has 1 aromatic carbocycles. The smallest absolute Gasteiger partial charge is 0.254 e. The quantitative estimate of drug-likeness (QED) is 0.625. The third-order valence-electron chi connectivity index (χ3n) is 3.97. The Bertz CT molecular complexity index is 934. The number of aromatic nitrogens is 1. The topological polar surface area (TPSA) is 73.1 Å². The van der Waals surface area contributed by atoms with Crippen LogP contribution in [0.1, 0.15) is 5.56 Å². The van der Waals surface area contributed by atoms with Gasteiger partial charge < -0.3 is 9.64 Å². The van der Waals surface area contributed by atoms with Crippen LogP contribution in [0.15, 0.2) is 64.9 Å². The van der Waals surface area contributed by atoms with Crippen molar-refractivity contribution in [3.05, 3.63) is 71.2 Å². The molecule has 0 aliphatic heterocycles. The van der Waals surface area contributed by atoms with Crippen LogP contribution in [0.25, 0.3) is 0 Å². The van der Waals surface area contributed by atoms with Crippen molar-refractivity contribution >= 4 is 10.0 Å². The Balaban J connectivity index is 2.10. The highest BCUT2D eigenvalue weighted by atomic mass is 32.2. The highest BCUT2D eigenvalue weighted by Gasteiger charge is 2.18. The van der Waals surface area contributed by atoms with Crippen molar-refractivity contribution < 1.29 is 18.1 Å². The normalized spacial score (nSPS) is 12.7. The molecule has 1 N–H and O–H groups in total. The molecule has 0 saturated heterocycles. The van der Waals surface area contributed by atoms with Gasteiger partial charge in [-0.25, -0.2) is 12.7 Å². The summed E-state index contributed by atoms with van der Waals surface area (Å²) in [5.74, 6) is 0.772. The van der Waals surface area contributed by atoms with Gasteiger partial charge in [0.05, 0.1) is 11.9 Å². The molecular formula is C19H26N3O4S+. The number of rotatable bonds is 9. The molecule has 1 unspecified atom stereocenters. The van der Waals surface area contributed by atoms with Crippen LogP contribution in [0, 0.1) is 0 Å². The molecule has 1 aromatic heterocycles. The van der Waals surface area contributed by atoms with Gasteiger partial charge in [0.25, 0.3) is 5.56 Å². The summed E-state index contributed by atoms with van der Waals surface area (Å²) in [7, 11) is 1.29. The zero-order chi connectivity index (χ0) is 20.0. The molecule has 146 valence electrons. The first-order chi connectivity index (χ1) is 12.7. The number of pyridine rings is 1. The lowest BCUT2D eigenvalue weighted by Gasteiger charge is -2.17. The highest BCUT2D eigenvalue weighted by Crippen LogP contribution is 2.12. The predicted molar refractivity (Wildman–Crippen MR) is 104 cm³/mol. The van der Waals surface area contributed by atoms with Gasteiger partial charge in [-0.05, 0) is 30.3 Å². The fraction of sp³-hybridized carbons (Fsp3) is 0.316. The average Bonchev–Trinajstić information content (AvgIpc) is 2.62. The van der Waals surface area contributed by atoms with Gasteiger partial charge in [-0.2, -0.15) is 0 Å². The van der Waals surface area contributed by atoms with Gasteiger partial charge in [0.1, 0.15) is 18.9 Å². The van der Waals surface area contributed by atoms with Crippen LogP contribution in [-0.4, -0.2) is 45.0 Å². The Hall–Kier alpha value is -2.42. The number of ether oxygens (including phenoxy) is 1. The number of hydrogen-bond acceptors (Lipinski definition) is 4. The minimum absolute atomic E-state index is 0.101. The summed E-state index contributed by atoms with van der Waals surface area (Å²) in [5, 5.41) is 0. The van der Waals surface area contributed by atoms with E-state index in [0.717, 1.165) is 20.5 Å². The van der Waals surface area contributed by atoms with Crippen LogP contribution in [0.2, 0.25) is 0 Å². The van der Waals surface area contributed by atoms with Crippen molar-refractivity contribution in [2.24, 2.45) is 0 Å². The Morgan fingerprint density at radius 1 is 1.19 bits per heavy atom. The highest BCUT2D eigenvalue weighted by molar-refractivity contribution is 7.89. The molecule has 2 aromatic rings. The second-order valence-corrected chi connectivity index (χ2v) is 8.65. The largest absolute Gasteiger partial charge is 0.490 e. The summed E-state index contributed by atoms with van der Waals surface area (Å²) in [6.07, 6.45) is 3.08. The summed E-state index contributed by atoms with van der Waals surface area (Å²) < 4.78 is 32.5. The van der Waals surface area contributed by atoms with Crippen molar-refractivity contribution in [3.8, 4) is 5.75 Å². The second kappa shape index (κ2) is 8.98. The molecular weight excluding hydrogens is 366 g/mol. The lowest BCUT2D eigenvalue weighted by atomic mass is 10.2. The summed E-state index contributed by atoms with van der Waals surface area (Å²) in [4.78, 5) is 13.3. The predicted octanol–water partition coefficient (Wildman–Crippen LogP) is 0.336. The lowest BCUT2D eigenvalue weighted by Crippen LogP contribution is -3.07. The Kier molecular flexibility index (Phi) is 6.95. The molecule has 8 heteroatoms. The van der Waals surface area contributed by atoms with Crippen LogP contribution in [0.3, 0.4) is 0 Å². The third-order valence-corrected chi connectivity index (χ3v) is 5.77. The van der Waals surface area contributed by atoms with E-state index in [-0.39, 0.29) is 10.5 Å². The monoisotopic (exact) mass is 392 g/mol. The molecule has 2 rings (SSSR count). The Morgan fingerprint density at radius 2 is 1.85 bits per heavy atom. The summed E-state index contributed by atoms with van der Waals surface area (Å²) in [5.41, 5.74) is 0.851. The molecule has 27 heavy (non-hydrogen) atoms. The molecule has 0 aliphatic rings. The lowest BCUT2D eigenvalue weighted by molar-refractivity contribution is -0.917. The van der Waals surface area contributed by atoms with Crippen LogP contribution in [-0.2, 0) is 23.2 Å². The number of hydrogen-bond donors (Lipinski definition) is 1. The minimum atomic E-state index is -3.58. The molecule has 0 fully saturated rings. The first-order valence-corrected chi connectivity index (χ1v) is 9.95. The van der Waals surface area contributed by atoms with E-state index in [1.807, 2.05) is 31.3 Å². The van der Waals surface area contributed by atoms with E-state index in [0.29, 0.717) is 19.8 Å². The fourth-order valence-corrected chi connectivity index (χ4v) is 3.47. The molecule has 0 bridgehead atoms. The first kappa shape index (κ1) is 20.9. The van der Waals surface area contributed by atoms with E-state index < -0.39 is 10.0 Å². The van der Waals surface area contributed by atoms with Crippen LogP contribution >= 0.6 is 0 Å². The van der Waals surface area contributed by atoms with Gasteiger partial charge in [0.15, 0.2) is 6.67 Å². The van der Waals surface area contributed by atoms with Crippen LogP contribution < -0.4 is 15.2 Å². The van der Waals surface area contributed by atoms with Crippen molar-refractivity contribution in [1.82, 2.24) is 8.87 Å². The van der Waals surface area contributed by atoms with Gasteiger partial charge in [0, 0.05) is 31.9 Å². The standard InChI is InChI=1S/C19H25N3O4S/c1-5-12-26-17-8-6-16(7-9-17)13-21(4)15-22-14-18(10-11-19(22)23)27(24,25)20(2)3/h5-11,14H,1,12-13,15H2,2-4H3/p+1. The van der Waals surface area contributed by atoms with Crippen molar-refractivity contribution in [2.75, 3.05) is 27.7 Å². The maximum Gasteiger partial charge on any atom is 0.254 e. The van der Waals surface area contributed by atoms with E-state index >= 15 is 0 Å². The summed E-state index contributed by atoms with van der Waals surface area (Å²) in [6.45, 7) is 5.10. The average molecular weight is 393 g/mol.